The van der Waals surface area contributed by atoms with Crippen LogP contribution in [0.15, 0.2) is 48.5 Å². The van der Waals surface area contributed by atoms with E-state index in [2.05, 4.69) is 10.6 Å². The van der Waals surface area contributed by atoms with Crippen molar-refractivity contribution in [3.8, 4) is 5.75 Å². The first kappa shape index (κ1) is 23.5. The van der Waals surface area contributed by atoms with Gasteiger partial charge in [0.1, 0.15) is 5.75 Å². The zero-order valence-corrected chi connectivity index (χ0v) is 18.4. The summed E-state index contributed by atoms with van der Waals surface area (Å²) in [6, 6.07) is 13.7. The van der Waals surface area contributed by atoms with Crippen molar-refractivity contribution in [3.05, 3.63) is 59.7 Å². The number of hydrogen-bond acceptors (Lipinski definition) is 5. The zero-order valence-electron chi connectivity index (χ0n) is 18.4. The van der Waals surface area contributed by atoms with Crippen LogP contribution in [0.2, 0.25) is 0 Å². The van der Waals surface area contributed by atoms with Crippen LogP contribution >= 0.6 is 0 Å². The summed E-state index contributed by atoms with van der Waals surface area (Å²) in [6.07, 6.45) is 4.67. The molecule has 1 aliphatic carbocycles. The molecule has 0 radical (unpaired) electrons. The van der Waals surface area contributed by atoms with Crippen molar-refractivity contribution in [1.29, 1.82) is 0 Å². The molecule has 7 heteroatoms. The first-order valence-electron chi connectivity index (χ1n) is 11.1. The largest absolute Gasteiger partial charge is 0.426 e. The highest BCUT2D eigenvalue weighted by Crippen LogP contribution is 2.28. The molecule has 0 aliphatic heterocycles. The average Bonchev–Trinajstić information content (AvgIpc) is 2.79. The molecule has 2 aromatic carbocycles. The number of ether oxygens (including phenoxy) is 1. The number of anilines is 1. The number of carbonyl (C=O) groups excluding carboxylic acids is 3. The normalized spacial score (nSPS) is 17.9. The standard InChI is InChI=1S/C25H31N3O4/c1-17(29)32-23-12-5-3-10-21(23)25(31)28-22-11-4-2-9-20(22)14-24(30)27-16-19-8-6-7-18(13-19)15-26/h2-5,9-12,18-19H,6-8,13-16,26H2,1H3,(H,27,30)(H,28,31). The molecular weight excluding hydrogens is 406 g/mol. The average molecular weight is 438 g/mol. The van der Waals surface area contributed by atoms with Gasteiger partial charge in [-0.2, -0.15) is 0 Å². The molecular formula is C25H31N3O4. The Kier molecular flexibility index (Phi) is 8.39. The van der Waals surface area contributed by atoms with Gasteiger partial charge in [-0.05, 0) is 61.4 Å². The van der Waals surface area contributed by atoms with Crippen molar-refractivity contribution in [2.75, 3.05) is 18.4 Å². The van der Waals surface area contributed by atoms with E-state index >= 15 is 0 Å². The van der Waals surface area contributed by atoms with Crippen LogP contribution < -0.4 is 21.1 Å². The van der Waals surface area contributed by atoms with Crippen LogP contribution in [0.1, 0.15) is 48.5 Å². The number of rotatable bonds is 8. The highest BCUT2D eigenvalue weighted by Gasteiger charge is 2.22. The van der Waals surface area contributed by atoms with Crippen LogP contribution in [0.25, 0.3) is 0 Å². The number of hydrogen-bond donors (Lipinski definition) is 3. The minimum Gasteiger partial charge on any atom is -0.426 e. The van der Waals surface area contributed by atoms with Crippen LogP contribution in [-0.4, -0.2) is 30.9 Å². The molecule has 7 nitrogen and oxygen atoms in total. The molecule has 0 spiro atoms. The Labute approximate surface area is 188 Å². The molecule has 2 atom stereocenters. The maximum atomic E-state index is 12.8. The van der Waals surface area contributed by atoms with Gasteiger partial charge in [-0.3, -0.25) is 14.4 Å². The molecule has 1 aliphatic rings. The lowest BCUT2D eigenvalue weighted by Gasteiger charge is -2.28. The monoisotopic (exact) mass is 437 g/mol. The summed E-state index contributed by atoms with van der Waals surface area (Å²) in [5, 5.41) is 5.88. The molecule has 170 valence electrons. The van der Waals surface area contributed by atoms with Gasteiger partial charge in [0.2, 0.25) is 5.91 Å². The number of benzene rings is 2. The van der Waals surface area contributed by atoms with E-state index in [1.807, 2.05) is 12.1 Å². The molecule has 32 heavy (non-hydrogen) atoms. The first-order valence-corrected chi connectivity index (χ1v) is 11.1. The Bertz CT molecular complexity index is 960. The number of amides is 2. The van der Waals surface area contributed by atoms with E-state index in [1.165, 1.54) is 13.3 Å². The van der Waals surface area contributed by atoms with Gasteiger partial charge >= 0.3 is 5.97 Å². The third-order valence-electron chi connectivity index (χ3n) is 5.81. The number of esters is 1. The molecule has 0 bridgehead atoms. The second-order valence-corrected chi connectivity index (χ2v) is 8.32. The molecule has 0 aromatic heterocycles. The van der Waals surface area contributed by atoms with Crippen LogP contribution in [0.3, 0.4) is 0 Å². The maximum Gasteiger partial charge on any atom is 0.308 e. The fourth-order valence-electron chi connectivity index (χ4n) is 4.18. The lowest BCUT2D eigenvalue weighted by Crippen LogP contribution is -2.34. The highest BCUT2D eigenvalue weighted by atomic mass is 16.5. The van der Waals surface area contributed by atoms with Gasteiger partial charge in [-0.1, -0.05) is 36.8 Å². The third-order valence-corrected chi connectivity index (χ3v) is 5.81. The number of para-hydroxylation sites is 2. The molecule has 1 saturated carbocycles. The predicted octanol–water partition coefficient (Wildman–Crippen LogP) is 3.29. The summed E-state index contributed by atoms with van der Waals surface area (Å²) in [5.41, 5.74) is 7.31. The minimum absolute atomic E-state index is 0.0816. The summed E-state index contributed by atoms with van der Waals surface area (Å²) >= 11 is 0. The predicted molar refractivity (Wildman–Crippen MR) is 123 cm³/mol. The molecule has 0 heterocycles. The lowest BCUT2D eigenvalue weighted by atomic mass is 9.81. The summed E-state index contributed by atoms with van der Waals surface area (Å²) in [4.78, 5) is 36.7. The van der Waals surface area contributed by atoms with Gasteiger partial charge < -0.3 is 21.1 Å². The van der Waals surface area contributed by atoms with Crippen molar-refractivity contribution >= 4 is 23.5 Å². The van der Waals surface area contributed by atoms with E-state index in [-0.39, 0.29) is 23.6 Å². The van der Waals surface area contributed by atoms with Gasteiger partial charge in [0.25, 0.3) is 5.91 Å². The Hall–Kier alpha value is -3.19. The smallest absolute Gasteiger partial charge is 0.308 e. The van der Waals surface area contributed by atoms with E-state index in [0.29, 0.717) is 36.2 Å². The van der Waals surface area contributed by atoms with Crippen molar-refractivity contribution in [1.82, 2.24) is 5.32 Å². The van der Waals surface area contributed by atoms with Crippen LogP contribution in [0.5, 0.6) is 5.75 Å². The summed E-state index contributed by atoms with van der Waals surface area (Å²) in [7, 11) is 0. The van der Waals surface area contributed by atoms with Crippen LogP contribution in [0.4, 0.5) is 5.69 Å². The molecule has 0 saturated heterocycles. The SMILES string of the molecule is CC(=O)Oc1ccccc1C(=O)Nc1ccccc1CC(=O)NCC1CCCC(CN)C1. The van der Waals surface area contributed by atoms with Gasteiger partial charge in [0.05, 0.1) is 12.0 Å². The summed E-state index contributed by atoms with van der Waals surface area (Å²) in [5.74, 6) is 0.214. The van der Waals surface area contributed by atoms with Crippen molar-refractivity contribution < 1.29 is 19.1 Å². The summed E-state index contributed by atoms with van der Waals surface area (Å²) in [6.45, 7) is 2.64. The fraction of sp³-hybridized carbons (Fsp3) is 0.400. The molecule has 4 N–H and O–H groups in total. The fourth-order valence-corrected chi connectivity index (χ4v) is 4.18. The second-order valence-electron chi connectivity index (χ2n) is 8.32. The van der Waals surface area contributed by atoms with E-state index in [1.54, 1.807) is 36.4 Å². The van der Waals surface area contributed by atoms with Gasteiger partial charge in [-0.25, -0.2) is 0 Å². The number of carbonyl (C=O) groups is 3. The maximum absolute atomic E-state index is 12.8. The van der Waals surface area contributed by atoms with Crippen molar-refractivity contribution in [2.24, 2.45) is 17.6 Å². The minimum atomic E-state index is -0.502. The topological polar surface area (TPSA) is 111 Å². The van der Waals surface area contributed by atoms with Gasteiger partial charge in [0.15, 0.2) is 0 Å². The van der Waals surface area contributed by atoms with E-state index in [9.17, 15) is 14.4 Å². The lowest BCUT2D eigenvalue weighted by molar-refractivity contribution is -0.131. The number of nitrogens with one attached hydrogen (secondary N) is 2. The van der Waals surface area contributed by atoms with Gasteiger partial charge in [0, 0.05) is 19.2 Å². The summed E-state index contributed by atoms with van der Waals surface area (Å²) < 4.78 is 5.13. The Morgan fingerprint density at radius 2 is 1.75 bits per heavy atom. The molecule has 2 aromatic rings. The molecule has 2 amide bonds. The van der Waals surface area contributed by atoms with Crippen molar-refractivity contribution in [2.45, 2.75) is 39.0 Å². The van der Waals surface area contributed by atoms with Crippen molar-refractivity contribution in [3.63, 3.8) is 0 Å². The van der Waals surface area contributed by atoms with E-state index < -0.39 is 11.9 Å². The first-order chi connectivity index (χ1) is 15.5. The Balaban J connectivity index is 1.62. The van der Waals surface area contributed by atoms with E-state index in [4.69, 9.17) is 10.5 Å². The van der Waals surface area contributed by atoms with Gasteiger partial charge in [-0.15, -0.1) is 0 Å². The molecule has 1 fully saturated rings. The quantitative estimate of drug-likeness (QED) is 0.434. The molecule has 2 unspecified atom stereocenters. The number of nitrogens with two attached hydrogens (primary N) is 1. The van der Waals surface area contributed by atoms with E-state index in [0.717, 1.165) is 19.3 Å². The third kappa shape index (κ3) is 6.65. The second kappa shape index (κ2) is 11.4. The highest BCUT2D eigenvalue weighted by molar-refractivity contribution is 6.07. The zero-order chi connectivity index (χ0) is 22.9. The Morgan fingerprint density at radius 3 is 2.53 bits per heavy atom. The Morgan fingerprint density at radius 1 is 1.03 bits per heavy atom. The van der Waals surface area contributed by atoms with Crippen LogP contribution in [0, 0.1) is 11.8 Å². The van der Waals surface area contributed by atoms with Crippen LogP contribution in [-0.2, 0) is 16.0 Å². The molecule has 3 rings (SSSR count).